The zero-order valence-corrected chi connectivity index (χ0v) is 23.4. The molecular weight excluding hydrogens is 575 g/mol. The fraction of sp³-hybridized carbons (Fsp3) is 0.536. The number of morpholine rings is 1. The van der Waals surface area contributed by atoms with Crippen molar-refractivity contribution >= 4 is 28.6 Å². The molecule has 4 aromatic heterocycles. The van der Waals surface area contributed by atoms with Crippen molar-refractivity contribution in [3.63, 3.8) is 0 Å². The van der Waals surface area contributed by atoms with Crippen LogP contribution in [0.1, 0.15) is 44.9 Å². The molecule has 7 rings (SSSR count). The summed E-state index contributed by atoms with van der Waals surface area (Å²) >= 11 is 6.34. The Morgan fingerprint density at radius 1 is 1.07 bits per heavy atom. The molecule has 0 radical (unpaired) electrons. The predicted molar refractivity (Wildman–Crippen MR) is 148 cm³/mol. The number of aromatic amines is 1. The highest BCUT2D eigenvalue weighted by atomic mass is 35.5. The molecule has 0 bridgehead atoms. The summed E-state index contributed by atoms with van der Waals surface area (Å²) in [5.74, 6) is -1.03. The van der Waals surface area contributed by atoms with Gasteiger partial charge < -0.3 is 14.2 Å². The van der Waals surface area contributed by atoms with Gasteiger partial charge in [-0.3, -0.25) is 14.5 Å². The van der Waals surface area contributed by atoms with Gasteiger partial charge in [0.1, 0.15) is 5.69 Å². The van der Waals surface area contributed by atoms with Gasteiger partial charge in [-0.2, -0.15) is 13.2 Å². The number of nitrogens with one attached hydrogen (secondary N) is 1. The molecular formula is C28H29ClF3N7O3. The molecule has 3 fully saturated rings. The van der Waals surface area contributed by atoms with Gasteiger partial charge in [-0.15, -0.1) is 0 Å². The van der Waals surface area contributed by atoms with Crippen molar-refractivity contribution in [3.05, 3.63) is 40.1 Å². The number of ether oxygens (including phenoxy) is 1. The van der Waals surface area contributed by atoms with Crippen LogP contribution in [0.15, 0.2) is 33.8 Å². The monoisotopic (exact) mass is 603 g/mol. The summed E-state index contributed by atoms with van der Waals surface area (Å²) in [7, 11) is 0. The lowest BCUT2D eigenvalue weighted by atomic mass is 9.81. The summed E-state index contributed by atoms with van der Waals surface area (Å²) < 4.78 is 53.3. The van der Waals surface area contributed by atoms with Crippen molar-refractivity contribution in [3.8, 4) is 22.8 Å². The van der Waals surface area contributed by atoms with E-state index in [4.69, 9.17) is 30.8 Å². The van der Waals surface area contributed by atoms with E-state index in [2.05, 4.69) is 24.6 Å². The summed E-state index contributed by atoms with van der Waals surface area (Å²) in [5, 5.41) is 4.25. The maximum atomic E-state index is 13.4. The Kier molecular flexibility index (Phi) is 6.96. The minimum atomic E-state index is -4.17. The number of alkyl halides is 3. The third kappa shape index (κ3) is 5.06. The molecule has 10 nitrogen and oxygen atoms in total. The second kappa shape index (κ2) is 10.7. The summed E-state index contributed by atoms with van der Waals surface area (Å²) in [5.41, 5.74) is 2.85. The van der Waals surface area contributed by atoms with E-state index in [1.54, 1.807) is 18.3 Å². The minimum Gasteiger partial charge on any atom is -0.374 e. The van der Waals surface area contributed by atoms with Gasteiger partial charge in [0.2, 0.25) is 11.8 Å². The molecule has 14 heteroatoms. The van der Waals surface area contributed by atoms with E-state index in [0.717, 1.165) is 30.7 Å². The average molecular weight is 604 g/mol. The van der Waals surface area contributed by atoms with Gasteiger partial charge in [0.05, 0.1) is 46.4 Å². The molecule has 2 atom stereocenters. The summed E-state index contributed by atoms with van der Waals surface area (Å²) in [6, 6.07) is 3.65. The Morgan fingerprint density at radius 2 is 1.90 bits per heavy atom. The van der Waals surface area contributed by atoms with Crippen molar-refractivity contribution in [1.29, 1.82) is 0 Å². The Balaban J connectivity index is 1.39. The summed E-state index contributed by atoms with van der Waals surface area (Å²) in [6.45, 7) is 1.71. The fourth-order valence-corrected chi connectivity index (χ4v) is 7.02. The number of H-pyrrole nitrogens is 1. The third-order valence-corrected chi connectivity index (χ3v) is 9.06. The smallest absolute Gasteiger partial charge is 0.374 e. The number of halogens is 4. The molecule has 1 aliphatic heterocycles. The highest BCUT2D eigenvalue weighted by molar-refractivity contribution is 6.30. The van der Waals surface area contributed by atoms with Crippen molar-refractivity contribution in [2.45, 2.75) is 69.8 Å². The number of hydrogen-bond donors (Lipinski definition) is 1. The molecule has 42 heavy (non-hydrogen) atoms. The fourth-order valence-electron chi connectivity index (χ4n) is 6.85. The Bertz CT molecular complexity index is 1660. The number of aromatic nitrogens is 6. The van der Waals surface area contributed by atoms with Crippen LogP contribution in [0, 0.1) is 11.8 Å². The van der Waals surface area contributed by atoms with E-state index in [-0.39, 0.29) is 36.7 Å². The zero-order chi connectivity index (χ0) is 29.0. The van der Waals surface area contributed by atoms with Gasteiger partial charge in [-0.05, 0) is 63.0 Å². The van der Waals surface area contributed by atoms with Crippen molar-refractivity contribution < 1.29 is 22.4 Å². The predicted octanol–water partition coefficient (Wildman–Crippen LogP) is 5.62. The van der Waals surface area contributed by atoms with Crippen molar-refractivity contribution in [1.82, 2.24) is 29.7 Å². The largest absolute Gasteiger partial charge is 0.439 e. The molecule has 0 amide bonds. The van der Waals surface area contributed by atoms with Crippen LogP contribution in [0.5, 0.6) is 0 Å². The van der Waals surface area contributed by atoms with Gasteiger partial charge in [-0.1, -0.05) is 16.8 Å². The summed E-state index contributed by atoms with van der Waals surface area (Å²) in [4.78, 5) is 30.9. The lowest BCUT2D eigenvalue weighted by molar-refractivity contribution is -0.184. The number of nitrogens with zero attached hydrogens (tertiary/aromatic N) is 6. The van der Waals surface area contributed by atoms with Crippen LogP contribution in [-0.4, -0.2) is 61.1 Å². The van der Waals surface area contributed by atoms with Gasteiger partial charge in [-0.25, -0.2) is 14.8 Å². The third-order valence-electron chi connectivity index (χ3n) is 8.86. The van der Waals surface area contributed by atoms with Gasteiger partial charge in [0.15, 0.2) is 0 Å². The molecule has 1 N–H and O–H groups in total. The minimum absolute atomic E-state index is 0.0390. The molecule has 0 aromatic carbocycles. The number of rotatable bonds is 5. The molecule has 222 valence electrons. The molecule has 5 heterocycles. The molecule has 4 aromatic rings. The van der Waals surface area contributed by atoms with Crippen LogP contribution in [0.25, 0.3) is 33.8 Å². The van der Waals surface area contributed by atoms with Crippen LogP contribution in [-0.2, 0) is 11.3 Å². The van der Waals surface area contributed by atoms with E-state index in [1.807, 2.05) is 0 Å². The maximum Gasteiger partial charge on any atom is 0.439 e. The van der Waals surface area contributed by atoms with E-state index in [0.29, 0.717) is 60.0 Å². The molecule has 2 aliphatic carbocycles. The highest BCUT2D eigenvalue weighted by Crippen LogP contribution is 2.42. The molecule has 2 saturated carbocycles. The number of imidazole rings is 1. The van der Waals surface area contributed by atoms with Crippen molar-refractivity contribution in [2.24, 2.45) is 11.8 Å². The second-order valence-electron chi connectivity index (χ2n) is 11.4. The molecule has 2 unspecified atom stereocenters. The number of fused-ring (bicyclic) bond motifs is 2. The van der Waals surface area contributed by atoms with Crippen molar-refractivity contribution in [2.75, 3.05) is 18.1 Å². The van der Waals surface area contributed by atoms with Gasteiger partial charge >= 0.3 is 11.9 Å². The topological polar surface area (TPSA) is 115 Å². The quantitative estimate of drug-likeness (QED) is 0.313. The Labute approximate surface area is 243 Å². The lowest BCUT2D eigenvalue weighted by Crippen LogP contribution is -2.49. The van der Waals surface area contributed by atoms with Crippen LogP contribution in [0.4, 0.5) is 19.1 Å². The van der Waals surface area contributed by atoms with Gasteiger partial charge in [0, 0.05) is 31.0 Å². The van der Waals surface area contributed by atoms with Crippen LogP contribution >= 0.6 is 11.6 Å². The van der Waals surface area contributed by atoms with Crippen LogP contribution in [0.3, 0.4) is 0 Å². The van der Waals surface area contributed by atoms with E-state index in [9.17, 15) is 18.0 Å². The first-order valence-electron chi connectivity index (χ1n) is 14.3. The normalized spacial score (nSPS) is 24.8. The number of anilines is 1. The first-order chi connectivity index (χ1) is 20.2. The summed E-state index contributed by atoms with van der Waals surface area (Å²) in [6.07, 6.45) is 3.30. The highest BCUT2D eigenvalue weighted by Gasteiger charge is 2.42. The lowest BCUT2D eigenvalue weighted by Gasteiger charge is -2.39. The van der Waals surface area contributed by atoms with Gasteiger partial charge in [0.25, 0.3) is 0 Å². The molecule has 0 spiro atoms. The Hall–Kier alpha value is -3.45. The number of pyridine rings is 2. The number of hydrogen-bond acceptors (Lipinski definition) is 8. The average Bonchev–Trinajstić information content (AvgIpc) is 3.71. The molecule has 1 saturated heterocycles. The van der Waals surface area contributed by atoms with Crippen LogP contribution in [0.2, 0.25) is 5.02 Å². The maximum absolute atomic E-state index is 13.4. The standard InChI is InChI=1S/C28H29ClF3N7O3/c29-18-10-16(12-33-13-18)23-24-19(11-20(34-23)25-36-27(40)42-37-25)35-26(38-8-9-41-22-3-1-2-21(22)38)39(24)14-15-4-6-17(7-5-15)28(30,31)32/h10-13,15,17,21-22H,1-9,14H2,(H,36,37,40). The second-order valence-corrected chi connectivity index (χ2v) is 11.9. The van der Waals surface area contributed by atoms with E-state index >= 15 is 0 Å². The van der Waals surface area contributed by atoms with Crippen LogP contribution < -0.4 is 10.7 Å². The zero-order valence-electron chi connectivity index (χ0n) is 22.6. The molecule has 3 aliphatic rings. The van der Waals surface area contributed by atoms with E-state index in [1.165, 1.54) is 6.20 Å². The first-order valence-corrected chi connectivity index (χ1v) is 14.7. The SMILES string of the molecule is O=c1[nH]c(-c2cc3nc(N4CCOC5CCCC54)n(CC4CCC(C(F)(F)F)CC4)c3c(-c3cncc(Cl)c3)n2)no1. The Morgan fingerprint density at radius 3 is 2.64 bits per heavy atom. The first kappa shape index (κ1) is 27.4. The van der Waals surface area contributed by atoms with E-state index < -0.39 is 17.9 Å².